The fourth-order valence-electron chi connectivity index (χ4n) is 3.72. The Morgan fingerprint density at radius 3 is 2.20 bits per heavy atom. The Balaban J connectivity index is 2.07. The summed E-state index contributed by atoms with van der Waals surface area (Å²) in [6.45, 7) is 0. The lowest BCUT2D eigenvalue weighted by Gasteiger charge is -2.14. The third-order valence-electron chi connectivity index (χ3n) is 4.79. The average molecular weight is 323 g/mol. The van der Waals surface area contributed by atoms with Crippen LogP contribution < -0.4 is 5.32 Å². The Hall–Kier alpha value is -3.46. The predicted octanol–water partition coefficient (Wildman–Crippen LogP) is 4.54. The second-order valence-corrected chi connectivity index (χ2v) is 6.21. The molecule has 4 aromatic carbocycles. The van der Waals surface area contributed by atoms with E-state index in [1.807, 2.05) is 60.7 Å². The summed E-state index contributed by atoms with van der Waals surface area (Å²) in [4.78, 5) is 24.8. The fourth-order valence-corrected chi connectivity index (χ4v) is 3.72. The van der Waals surface area contributed by atoms with Crippen molar-refractivity contribution < 1.29 is 9.59 Å². The summed E-state index contributed by atoms with van der Waals surface area (Å²) >= 11 is 0. The second kappa shape index (κ2) is 5.02. The van der Waals surface area contributed by atoms with Crippen LogP contribution >= 0.6 is 0 Å². The van der Waals surface area contributed by atoms with Crippen molar-refractivity contribution in [3.63, 3.8) is 0 Å². The highest BCUT2D eigenvalue weighted by molar-refractivity contribution is 6.29. The summed E-state index contributed by atoms with van der Waals surface area (Å²) < 4.78 is 0. The second-order valence-electron chi connectivity index (χ2n) is 6.21. The highest BCUT2D eigenvalue weighted by Crippen LogP contribution is 2.40. The van der Waals surface area contributed by atoms with Crippen molar-refractivity contribution in [1.82, 2.24) is 5.32 Å². The quantitative estimate of drug-likeness (QED) is 0.413. The van der Waals surface area contributed by atoms with Gasteiger partial charge in [-0.2, -0.15) is 0 Å². The van der Waals surface area contributed by atoms with Crippen LogP contribution in [0.15, 0.2) is 72.8 Å². The number of carbonyl (C=O) groups excluding carboxylic acids is 2. The van der Waals surface area contributed by atoms with Gasteiger partial charge in [-0.15, -0.1) is 0 Å². The van der Waals surface area contributed by atoms with E-state index >= 15 is 0 Å². The number of amides is 2. The van der Waals surface area contributed by atoms with Gasteiger partial charge in [-0.3, -0.25) is 14.9 Å². The number of carbonyl (C=O) groups is 2. The van der Waals surface area contributed by atoms with Crippen molar-refractivity contribution in [1.29, 1.82) is 0 Å². The molecule has 1 N–H and O–H groups in total. The molecule has 0 saturated carbocycles. The van der Waals surface area contributed by atoms with Gasteiger partial charge in [0, 0.05) is 5.56 Å². The summed E-state index contributed by atoms with van der Waals surface area (Å²) in [7, 11) is 0. The SMILES string of the molecule is O=C1NC(=O)c2c1cc1ccc3ccccc3c1c2-c1ccccc1. The number of benzene rings is 4. The molecule has 3 nitrogen and oxygen atoms in total. The van der Waals surface area contributed by atoms with Gasteiger partial charge in [0.25, 0.3) is 11.8 Å². The van der Waals surface area contributed by atoms with Crippen LogP contribution in [0.1, 0.15) is 20.7 Å². The highest BCUT2D eigenvalue weighted by Gasteiger charge is 2.31. The molecule has 3 heteroatoms. The molecule has 1 heterocycles. The van der Waals surface area contributed by atoms with E-state index in [1.54, 1.807) is 0 Å². The zero-order valence-electron chi connectivity index (χ0n) is 13.2. The van der Waals surface area contributed by atoms with Crippen LogP contribution in [0, 0.1) is 0 Å². The normalized spacial score (nSPS) is 13.3. The third-order valence-corrected chi connectivity index (χ3v) is 4.79. The minimum atomic E-state index is -0.327. The van der Waals surface area contributed by atoms with E-state index in [2.05, 4.69) is 17.4 Å². The van der Waals surface area contributed by atoms with Gasteiger partial charge in [-0.1, -0.05) is 66.7 Å². The van der Waals surface area contributed by atoms with Gasteiger partial charge >= 0.3 is 0 Å². The standard InChI is InChI=1S/C22H13NO2/c24-21-17-12-15-11-10-13-6-4-5-9-16(13)18(15)19(20(17)22(25)23-21)14-7-2-1-3-8-14/h1-12H,(H,23,24,25). The summed E-state index contributed by atoms with van der Waals surface area (Å²) in [5.74, 6) is -0.652. The summed E-state index contributed by atoms with van der Waals surface area (Å²) in [6, 6.07) is 23.8. The van der Waals surface area contributed by atoms with Crippen LogP contribution in [-0.2, 0) is 0 Å². The van der Waals surface area contributed by atoms with Crippen LogP contribution in [0.3, 0.4) is 0 Å². The molecule has 0 bridgehead atoms. The van der Waals surface area contributed by atoms with Crippen molar-refractivity contribution >= 4 is 33.4 Å². The Morgan fingerprint density at radius 1 is 0.640 bits per heavy atom. The first kappa shape index (κ1) is 13.9. The predicted molar refractivity (Wildman–Crippen MR) is 98.7 cm³/mol. The van der Waals surface area contributed by atoms with Crippen LogP contribution in [0.5, 0.6) is 0 Å². The molecule has 0 aliphatic carbocycles. The summed E-state index contributed by atoms with van der Waals surface area (Å²) in [6.07, 6.45) is 0. The summed E-state index contributed by atoms with van der Waals surface area (Å²) in [5.41, 5.74) is 2.69. The van der Waals surface area contributed by atoms with E-state index in [9.17, 15) is 9.59 Å². The van der Waals surface area contributed by atoms with Crippen LogP contribution in [0.4, 0.5) is 0 Å². The van der Waals surface area contributed by atoms with Gasteiger partial charge < -0.3 is 0 Å². The minimum Gasteiger partial charge on any atom is -0.288 e. The van der Waals surface area contributed by atoms with Gasteiger partial charge in [0.15, 0.2) is 0 Å². The van der Waals surface area contributed by atoms with Gasteiger partial charge in [0.1, 0.15) is 0 Å². The average Bonchev–Trinajstić information content (AvgIpc) is 2.94. The Bertz CT molecular complexity index is 1190. The molecule has 2 amide bonds. The molecular weight excluding hydrogens is 310 g/mol. The zero-order chi connectivity index (χ0) is 17.0. The van der Waals surface area contributed by atoms with Gasteiger partial charge in [0.2, 0.25) is 0 Å². The summed E-state index contributed by atoms with van der Waals surface area (Å²) in [5, 5.41) is 6.59. The molecule has 0 radical (unpaired) electrons. The smallest absolute Gasteiger partial charge is 0.259 e. The number of rotatable bonds is 1. The van der Waals surface area contributed by atoms with Gasteiger partial charge in [0.05, 0.1) is 11.1 Å². The molecule has 25 heavy (non-hydrogen) atoms. The largest absolute Gasteiger partial charge is 0.288 e. The molecule has 1 aliphatic heterocycles. The fraction of sp³-hybridized carbons (Fsp3) is 0. The molecular formula is C22H13NO2. The number of imide groups is 1. The first-order chi connectivity index (χ1) is 12.2. The van der Waals surface area contributed by atoms with Gasteiger partial charge in [-0.05, 0) is 33.2 Å². The van der Waals surface area contributed by atoms with E-state index in [4.69, 9.17) is 0 Å². The molecule has 4 aromatic rings. The topological polar surface area (TPSA) is 46.2 Å². The first-order valence-electron chi connectivity index (χ1n) is 8.13. The Morgan fingerprint density at radius 2 is 1.36 bits per heavy atom. The van der Waals surface area contributed by atoms with Crippen molar-refractivity contribution in [3.8, 4) is 11.1 Å². The van der Waals surface area contributed by atoms with Crippen molar-refractivity contribution in [2.24, 2.45) is 0 Å². The lowest BCUT2D eigenvalue weighted by atomic mass is 9.88. The van der Waals surface area contributed by atoms with Crippen LogP contribution in [0.25, 0.3) is 32.7 Å². The highest BCUT2D eigenvalue weighted by atomic mass is 16.2. The van der Waals surface area contributed by atoms with Crippen LogP contribution in [-0.4, -0.2) is 11.8 Å². The molecule has 0 spiro atoms. The van der Waals surface area contributed by atoms with Crippen molar-refractivity contribution in [2.75, 3.05) is 0 Å². The van der Waals surface area contributed by atoms with Crippen LogP contribution in [0.2, 0.25) is 0 Å². The number of hydrogen-bond donors (Lipinski definition) is 1. The lowest BCUT2D eigenvalue weighted by molar-refractivity contribution is 0.0880. The van der Waals surface area contributed by atoms with E-state index in [-0.39, 0.29) is 11.8 Å². The first-order valence-corrected chi connectivity index (χ1v) is 8.13. The third kappa shape index (κ3) is 1.93. The van der Waals surface area contributed by atoms with E-state index in [1.165, 1.54) is 0 Å². The molecule has 0 aromatic heterocycles. The van der Waals surface area contributed by atoms with E-state index in [0.717, 1.165) is 32.7 Å². The molecule has 0 unspecified atom stereocenters. The molecule has 0 fully saturated rings. The van der Waals surface area contributed by atoms with E-state index in [0.29, 0.717) is 11.1 Å². The maximum atomic E-state index is 12.5. The molecule has 0 saturated heterocycles. The molecule has 1 aliphatic rings. The van der Waals surface area contributed by atoms with Crippen molar-refractivity contribution in [2.45, 2.75) is 0 Å². The maximum Gasteiger partial charge on any atom is 0.259 e. The molecule has 0 atom stereocenters. The van der Waals surface area contributed by atoms with E-state index < -0.39 is 0 Å². The Labute approximate surface area is 143 Å². The number of fused-ring (bicyclic) bond motifs is 4. The maximum absolute atomic E-state index is 12.5. The number of hydrogen-bond acceptors (Lipinski definition) is 2. The zero-order valence-corrected chi connectivity index (χ0v) is 13.2. The minimum absolute atomic E-state index is 0.325. The molecule has 118 valence electrons. The molecule has 5 rings (SSSR count). The Kier molecular flexibility index (Phi) is 2.80. The van der Waals surface area contributed by atoms with Crippen molar-refractivity contribution in [3.05, 3.63) is 83.9 Å². The van der Waals surface area contributed by atoms with Gasteiger partial charge in [-0.25, -0.2) is 0 Å². The number of nitrogens with one attached hydrogen (secondary N) is 1. The lowest BCUT2D eigenvalue weighted by Crippen LogP contribution is -2.20. The monoisotopic (exact) mass is 323 g/mol.